The van der Waals surface area contributed by atoms with Crippen molar-refractivity contribution in [1.29, 1.82) is 0 Å². The summed E-state index contributed by atoms with van der Waals surface area (Å²) in [6.07, 6.45) is 7.06. The molecule has 6 heteroatoms. The highest BCUT2D eigenvalue weighted by molar-refractivity contribution is 9.10. The van der Waals surface area contributed by atoms with E-state index in [0.29, 0.717) is 18.3 Å². The van der Waals surface area contributed by atoms with Gasteiger partial charge in [-0.1, -0.05) is 11.6 Å². The van der Waals surface area contributed by atoms with Crippen molar-refractivity contribution in [2.24, 2.45) is 0 Å². The maximum atomic E-state index is 9.36. The van der Waals surface area contributed by atoms with E-state index in [9.17, 15) is 5.11 Å². The quantitative estimate of drug-likeness (QED) is 0.876. The zero-order valence-electron chi connectivity index (χ0n) is 11.0. The van der Waals surface area contributed by atoms with Crippen LogP contribution in [0.2, 0.25) is 0 Å². The monoisotopic (exact) mass is 337 g/mol. The fourth-order valence-electron chi connectivity index (χ4n) is 2.36. The lowest BCUT2D eigenvalue weighted by molar-refractivity contribution is 0.282. The van der Waals surface area contributed by atoms with Crippen LogP contribution < -0.4 is 5.32 Å². The summed E-state index contributed by atoms with van der Waals surface area (Å²) < 4.78 is 5.95. The molecule has 2 heterocycles. The lowest BCUT2D eigenvalue weighted by Gasteiger charge is -2.23. The molecule has 1 aliphatic rings. The number of hydrogen-bond donors (Lipinski definition) is 2. The molecule has 2 N–H and O–H groups in total. The molecule has 5 nitrogen and oxygen atoms in total. The number of anilines is 1. The normalized spacial score (nSPS) is 15.1. The van der Waals surface area contributed by atoms with E-state index in [1.54, 1.807) is 12.5 Å². The van der Waals surface area contributed by atoms with Gasteiger partial charge in [-0.05, 0) is 34.8 Å². The molecule has 0 bridgehead atoms. The first kappa shape index (κ1) is 13.6. The molecule has 0 saturated heterocycles. The van der Waals surface area contributed by atoms with Crippen molar-refractivity contribution in [1.82, 2.24) is 10.1 Å². The van der Waals surface area contributed by atoms with Gasteiger partial charge in [-0.25, -0.2) is 4.98 Å². The molecule has 1 saturated carbocycles. The van der Waals surface area contributed by atoms with Crippen molar-refractivity contribution >= 4 is 21.7 Å². The molecule has 0 amide bonds. The molecule has 0 aromatic carbocycles. The van der Waals surface area contributed by atoms with Crippen LogP contribution in [-0.2, 0) is 13.2 Å². The molecule has 0 spiro atoms. The molecule has 0 atom stereocenters. The van der Waals surface area contributed by atoms with Crippen molar-refractivity contribution in [3.8, 4) is 0 Å². The van der Waals surface area contributed by atoms with Crippen LogP contribution in [0.25, 0.3) is 0 Å². The van der Waals surface area contributed by atoms with Crippen LogP contribution in [0.4, 0.5) is 5.82 Å². The highest BCUT2D eigenvalue weighted by Crippen LogP contribution is 2.37. The minimum atomic E-state index is -0.0477. The zero-order chi connectivity index (χ0) is 13.9. The molecular weight excluding hydrogens is 322 g/mol. The van der Waals surface area contributed by atoms with Crippen LogP contribution in [-0.4, -0.2) is 15.2 Å². The van der Waals surface area contributed by atoms with E-state index in [1.807, 2.05) is 6.07 Å². The van der Waals surface area contributed by atoms with Crippen molar-refractivity contribution < 1.29 is 9.63 Å². The Kier molecular flexibility index (Phi) is 4.03. The largest absolute Gasteiger partial charge is 0.392 e. The van der Waals surface area contributed by atoms with Crippen LogP contribution in [0.5, 0.6) is 0 Å². The Bertz CT molecular complexity index is 596. The van der Waals surface area contributed by atoms with Gasteiger partial charge in [0.1, 0.15) is 12.1 Å². The molecule has 1 fully saturated rings. The van der Waals surface area contributed by atoms with Gasteiger partial charge in [0, 0.05) is 34.3 Å². The third kappa shape index (κ3) is 2.71. The predicted molar refractivity (Wildman–Crippen MR) is 78.3 cm³/mol. The van der Waals surface area contributed by atoms with E-state index in [0.717, 1.165) is 21.3 Å². The topological polar surface area (TPSA) is 71.2 Å². The van der Waals surface area contributed by atoms with Crippen molar-refractivity contribution in [3.63, 3.8) is 0 Å². The zero-order valence-corrected chi connectivity index (χ0v) is 12.6. The number of rotatable bonds is 5. The average Bonchev–Trinajstić information content (AvgIpc) is 2.83. The van der Waals surface area contributed by atoms with Crippen molar-refractivity contribution in [2.45, 2.75) is 38.3 Å². The van der Waals surface area contributed by atoms with Gasteiger partial charge in [-0.3, -0.25) is 0 Å². The summed E-state index contributed by atoms with van der Waals surface area (Å²) in [5.74, 6) is 1.23. The Morgan fingerprint density at radius 3 is 2.95 bits per heavy atom. The number of nitrogens with zero attached hydrogens (tertiary/aromatic N) is 2. The van der Waals surface area contributed by atoms with Crippen molar-refractivity contribution in [3.05, 3.63) is 39.8 Å². The van der Waals surface area contributed by atoms with Gasteiger partial charge < -0.3 is 14.9 Å². The highest BCUT2D eigenvalue weighted by atomic mass is 79.9. The number of aromatic nitrogens is 2. The fourth-order valence-corrected chi connectivity index (χ4v) is 2.73. The van der Waals surface area contributed by atoms with Crippen LogP contribution in [0.3, 0.4) is 0 Å². The summed E-state index contributed by atoms with van der Waals surface area (Å²) >= 11 is 3.35. The number of aliphatic hydroxyl groups excluding tert-OH is 1. The second-order valence-corrected chi connectivity index (χ2v) is 5.94. The fraction of sp³-hybridized carbons (Fsp3) is 0.429. The van der Waals surface area contributed by atoms with Crippen LogP contribution in [0, 0.1) is 0 Å². The van der Waals surface area contributed by atoms with E-state index in [-0.39, 0.29) is 6.61 Å². The lowest BCUT2D eigenvalue weighted by Crippen LogP contribution is -2.13. The smallest absolute Gasteiger partial charge is 0.131 e. The predicted octanol–water partition coefficient (Wildman–Crippen LogP) is 3.20. The lowest BCUT2D eigenvalue weighted by atomic mass is 9.81. The SMILES string of the molecule is OCc1cc(Br)cnc1NCc1conc1C1CCC1. The third-order valence-electron chi connectivity index (χ3n) is 3.72. The molecule has 20 heavy (non-hydrogen) atoms. The first-order chi connectivity index (χ1) is 9.78. The first-order valence-corrected chi connectivity index (χ1v) is 7.49. The summed E-state index contributed by atoms with van der Waals surface area (Å²) in [7, 11) is 0. The van der Waals surface area contributed by atoms with E-state index < -0.39 is 0 Å². The number of hydrogen-bond acceptors (Lipinski definition) is 5. The van der Waals surface area contributed by atoms with Crippen LogP contribution >= 0.6 is 15.9 Å². The molecule has 2 aromatic rings. The molecule has 0 unspecified atom stereocenters. The summed E-state index contributed by atoms with van der Waals surface area (Å²) in [5.41, 5.74) is 2.90. The number of aliphatic hydroxyl groups is 1. The molecule has 1 aliphatic carbocycles. The summed E-state index contributed by atoms with van der Waals surface area (Å²) in [6.45, 7) is 0.560. The Balaban J connectivity index is 1.72. The van der Waals surface area contributed by atoms with Gasteiger partial charge in [-0.15, -0.1) is 0 Å². The molecule has 0 aliphatic heterocycles. The van der Waals surface area contributed by atoms with E-state index >= 15 is 0 Å². The van der Waals surface area contributed by atoms with Gasteiger partial charge in [0.25, 0.3) is 0 Å². The Labute approximate surface area is 125 Å². The van der Waals surface area contributed by atoms with E-state index in [4.69, 9.17) is 4.52 Å². The van der Waals surface area contributed by atoms with Gasteiger partial charge >= 0.3 is 0 Å². The van der Waals surface area contributed by atoms with E-state index in [2.05, 4.69) is 31.4 Å². The molecular formula is C14H16BrN3O2. The molecule has 0 radical (unpaired) electrons. The summed E-state index contributed by atoms with van der Waals surface area (Å²) in [4.78, 5) is 4.29. The number of pyridine rings is 1. The van der Waals surface area contributed by atoms with Gasteiger partial charge in [0.2, 0.25) is 0 Å². The maximum Gasteiger partial charge on any atom is 0.131 e. The number of nitrogens with one attached hydrogen (secondary N) is 1. The maximum absolute atomic E-state index is 9.36. The molecule has 106 valence electrons. The van der Waals surface area contributed by atoms with Gasteiger partial charge in [0.05, 0.1) is 12.3 Å². The first-order valence-electron chi connectivity index (χ1n) is 6.70. The summed E-state index contributed by atoms with van der Waals surface area (Å²) in [6, 6.07) is 1.86. The van der Waals surface area contributed by atoms with Gasteiger partial charge in [0.15, 0.2) is 0 Å². The van der Waals surface area contributed by atoms with E-state index in [1.165, 1.54) is 19.3 Å². The minimum absolute atomic E-state index is 0.0477. The average molecular weight is 338 g/mol. The van der Waals surface area contributed by atoms with Crippen LogP contribution in [0.15, 0.2) is 27.5 Å². The standard InChI is InChI=1S/C14H16BrN3O2/c15-12-4-10(7-19)14(17-6-12)16-5-11-8-20-18-13(11)9-2-1-3-9/h4,6,8-9,19H,1-3,5,7H2,(H,16,17). The summed E-state index contributed by atoms with van der Waals surface area (Å²) in [5, 5.41) is 16.7. The Hall–Kier alpha value is -1.40. The van der Waals surface area contributed by atoms with Crippen molar-refractivity contribution in [2.75, 3.05) is 5.32 Å². The second-order valence-electron chi connectivity index (χ2n) is 5.03. The molecule has 2 aromatic heterocycles. The Morgan fingerprint density at radius 2 is 2.25 bits per heavy atom. The Morgan fingerprint density at radius 1 is 1.40 bits per heavy atom. The van der Waals surface area contributed by atoms with Gasteiger partial charge in [-0.2, -0.15) is 0 Å². The molecule has 3 rings (SSSR count). The third-order valence-corrected chi connectivity index (χ3v) is 4.15. The minimum Gasteiger partial charge on any atom is -0.392 e. The number of halogens is 1. The van der Waals surface area contributed by atoms with Crippen LogP contribution in [0.1, 0.15) is 42.0 Å². The highest BCUT2D eigenvalue weighted by Gasteiger charge is 2.25. The second kappa shape index (κ2) is 5.93.